The molecular weight excluding hydrogens is 232 g/mol. The van der Waals surface area contributed by atoms with Crippen molar-refractivity contribution in [3.05, 3.63) is 36.1 Å². The van der Waals surface area contributed by atoms with Crippen LogP contribution in [-0.2, 0) is 0 Å². The first-order valence-corrected chi connectivity index (χ1v) is 6.60. The number of hydrogen-bond acceptors (Lipinski definition) is 3. The molecule has 2 nitrogen and oxygen atoms in total. The van der Waals surface area contributed by atoms with E-state index in [1.807, 2.05) is 30.3 Å². The molecule has 2 aromatic rings. The van der Waals surface area contributed by atoms with Crippen molar-refractivity contribution in [3.63, 3.8) is 0 Å². The third kappa shape index (κ3) is 3.13. The summed E-state index contributed by atoms with van der Waals surface area (Å²) in [6.07, 6.45) is 0. The minimum atomic E-state index is 0.0566. The number of fused-ring (bicyclic) bond motifs is 1. The van der Waals surface area contributed by atoms with Crippen LogP contribution in [0.15, 0.2) is 34.7 Å². The predicted molar refractivity (Wildman–Crippen MR) is 72.8 cm³/mol. The van der Waals surface area contributed by atoms with Crippen molar-refractivity contribution in [1.29, 1.82) is 0 Å². The van der Waals surface area contributed by atoms with Gasteiger partial charge in [0.2, 0.25) is 5.78 Å². The van der Waals surface area contributed by atoms with E-state index in [2.05, 4.69) is 20.8 Å². The fourth-order valence-corrected chi connectivity index (χ4v) is 2.18. The third-order valence-corrected chi connectivity index (χ3v) is 3.61. The molecule has 17 heavy (non-hydrogen) atoms. The smallest absolute Gasteiger partial charge is 0.207 e. The van der Waals surface area contributed by atoms with Crippen molar-refractivity contribution in [2.24, 2.45) is 0 Å². The van der Waals surface area contributed by atoms with Crippen LogP contribution in [0.4, 0.5) is 0 Å². The van der Waals surface area contributed by atoms with Gasteiger partial charge >= 0.3 is 0 Å². The summed E-state index contributed by atoms with van der Waals surface area (Å²) in [5.41, 5.74) is 0.775. The lowest BCUT2D eigenvalue weighted by atomic mass is 10.2. The lowest BCUT2D eigenvalue weighted by Crippen LogP contribution is -2.12. The van der Waals surface area contributed by atoms with E-state index < -0.39 is 0 Å². The van der Waals surface area contributed by atoms with E-state index in [4.69, 9.17) is 4.42 Å². The molecule has 0 aliphatic rings. The molecular formula is C14H16O2S. The van der Waals surface area contributed by atoms with Crippen molar-refractivity contribution in [1.82, 2.24) is 0 Å². The van der Waals surface area contributed by atoms with Crippen molar-refractivity contribution >= 4 is 28.5 Å². The fraction of sp³-hybridized carbons (Fsp3) is 0.357. The van der Waals surface area contributed by atoms with E-state index in [1.54, 1.807) is 11.8 Å². The quantitative estimate of drug-likeness (QED) is 0.764. The van der Waals surface area contributed by atoms with Gasteiger partial charge in [-0.05, 0) is 12.1 Å². The fourth-order valence-electron chi connectivity index (χ4n) is 1.47. The lowest BCUT2D eigenvalue weighted by molar-refractivity contribution is 0.0994. The molecule has 0 saturated carbocycles. The topological polar surface area (TPSA) is 30.2 Å². The molecule has 0 bridgehead atoms. The van der Waals surface area contributed by atoms with Gasteiger partial charge < -0.3 is 4.42 Å². The molecule has 0 saturated heterocycles. The van der Waals surface area contributed by atoms with Crippen LogP contribution in [0.3, 0.4) is 0 Å². The Morgan fingerprint density at radius 1 is 1.29 bits per heavy atom. The van der Waals surface area contributed by atoms with Gasteiger partial charge in [-0.25, -0.2) is 0 Å². The van der Waals surface area contributed by atoms with Crippen molar-refractivity contribution in [2.75, 3.05) is 5.75 Å². The molecule has 0 radical (unpaired) electrons. The normalized spacial score (nSPS) is 11.9. The largest absolute Gasteiger partial charge is 0.453 e. The molecule has 1 aromatic carbocycles. The van der Waals surface area contributed by atoms with Crippen LogP contribution in [0.2, 0.25) is 0 Å². The van der Waals surface area contributed by atoms with Crippen LogP contribution in [0.1, 0.15) is 31.3 Å². The maximum atomic E-state index is 11.9. The van der Waals surface area contributed by atoms with E-state index in [0.717, 1.165) is 11.0 Å². The number of benzene rings is 1. The average Bonchev–Trinajstić information content (AvgIpc) is 2.68. The number of ketones is 1. The molecule has 0 fully saturated rings. The number of thioether (sulfide) groups is 1. The number of rotatable bonds is 3. The van der Waals surface area contributed by atoms with Crippen molar-refractivity contribution in [2.45, 2.75) is 25.5 Å². The predicted octanol–water partition coefficient (Wildman–Crippen LogP) is 4.15. The molecule has 0 N–H and O–H groups in total. The summed E-state index contributed by atoms with van der Waals surface area (Å²) in [5, 5.41) is 0.983. The summed E-state index contributed by atoms with van der Waals surface area (Å²) in [6.45, 7) is 6.30. The van der Waals surface area contributed by atoms with Gasteiger partial charge in [0.15, 0.2) is 5.76 Å². The molecule has 2 rings (SSSR count). The second-order valence-corrected chi connectivity index (χ2v) is 6.77. The van der Waals surface area contributed by atoms with Crippen LogP contribution < -0.4 is 0 Å². The van der Waals surface area contributed by atoms with Crippen molar-refractivity contribution < 1.29 is 9.21 Å². The highest BCUT2D eigenvalue weighted by Gasteiger charge is 2.17. The van der Waals surface area contributed by atoms with E-state index in [-0.39, 0.29) is 10.5 Å². The minimum absolute atomic E-state index is 0.0566. The molecule has 0 amide bonds. The second-order valence-electron chi connectivity index (χ2n) is 4.97. The Morgan fingerprint density at radius 2 is 2.00 bits per heavy atom. The van der Waals surface area contributed by atoms with Gasteiger partial charge in [-0.3, -0.25) is 4.79 Å². The molecule has 1 heterocycles. The highest BCUT2D eigenvalue weighted by Crippen LogP contribution is 2.25. The Hall–Kier alpha value is -1.22. The van der Waals surface area contributed by atoms with Crippen LogP contribution in [-0.4, -0.2) is 16.3 Å². The summed E-state index contributed by atoms with van der Waals surface area (Å²) >= 11 is 1.64. The van der Waals surface area contributed by atoms with Gasteiger partial charge in [0, 0.05) is 10.1 Å². The number of para-hydroxylation sites is 1. The van der Waals surface area contributed by atoms with Crippen LogP contribution in [0.5, 0.6) is 0 Å². The van der Waals surface area contributed by atoms with Crippen LogP contribution in [0.25, 0.3) is 11.0 Å². The summed E-state index contributed by atoms with van der Waals surface area (Å²) < 4.78 is 5.63. The highest BCUT2D eigenvalue weighted by molar-refractivity contribution is 8.01. The Balaban J connectivity index is 2.14. The summed E-state index contributed by atoms with van der Waals surface area (Å²) in [4.78, 5) is 11.9. The number of carbonyl (C=O) groups is 1. The van der Waals surface area contributed by atoms with E-state index in [0.29, 0.717) is 11.5 Å². The van der Waals surface area contributed by atoms with Gasteiger partial charge in [0.05, 0.1) is 5.75 Å². The maximum absolute atomic E-state index is 11.9. The van der Waals surface area contributed by atoms with Gasteiger partial charge in [-0.2, -0.15) is 0 Å². The highest BCUT2D eigenvalue weighted by atomic mass is 32.2. The first-order valence-electron chi connectivity index (χ1n) is 5.61. The number of carbonyl (C=O) groups excluding carboxylic acids is 1. The Morgan fingerprint density at radius 3 is 2.65 bits per heavy atom. The monoisotopic (exact) mass is 248 g/mol. The van der Waals surface area contributed by atoms with Crippen LogP contribution in [0, 0.1) is 0 Å². The maximum Gasteiger partial charge on any atom is 0.207 e. The second kappa shape index (κ2) is 4.57. The Bertz CT molecular complexity index is 501. The molecule has 0 atom stereocenters. The lowest BCUT2D eigenvalue weighted by Gasteiger charge is -2.16. The van der Waals surface area contributed by atoms with Crippen LogP contribution >= 0.6 is 11.8 Å². The molecule has 1 aromatic heterocycles. The van der Waals surface area contributed by atoms with Gasteiger partial charge in [-0.1, -0.05) is 39.0 Å². The van der Waals surface area contributed by atoms with Crippen molar-refractivity contribution in [3.8, 4) is 0 Å². The zero-order chi connectivity index (χ0) is 12.5. The van der Waals surface area contributed by atoms with E-state index in [9.17, 15) is 4.79 Å². The number of furan rings is 1. The Labute approximate surface area is 105 Å². The molecule has 0 spiro atoms. The Kier molecular flexibility index (Phi) is 3.29. The SMILES string of the molecule is CC(C)(C)SCC(=O)c1cc2ccccc2o1. The summed E-state index contributed by atoms with van der Waals surface area (Å²) in [5.74, 6) is 0.979. The third-order valence-electron chi connectivity index (χ3n) is 2.34. The van der Waals surface area contributed by atoms with Gasteiger partial charge in [0.1, 0.15) is 5.58 Å². The first kappa shape index (κ1) is 12.2. The standard InChI is InChI=1S/C14H16O2S/c1-14(2,3)17-9-11(15)13-8-10-6-4-5-7-12(10)16-13/h4-8H,9H2,1-3H3. The van der Waals surface area contributed by atoms with E-state index in [1.165, 1.54) is 0 Å². The van der Waals surface area contributed by atoms with E-state index >= 15 is 0 Å². The molecule has 90 valence electrons. The molecule has 3 heteroatoms. The first-order chi connectivity index (χ1) is 7.96. The van der Waals surface area contributed by atoms with Gasteiger partial charge in [-0.15, -0.1) is 11.8 Å². The van der Waals surface area contributed by atoms with Gasteiger partial charge in [0.25, 0.3) is 0 Å². The molecule has 0 aliphatic heterocycles. The zero-order valence-electron chi connectivity index (χ0n) is 10.3. The summed E-state index contributed by atoms with van der Waals surface area (Å²) in [7, 11) is 0. The average molecular weight is 248 g/mol. The number of Topliss-reactive ketones (excluding diaryl/α,β-unsaturated/α-hetero) is 1. The molecule has 0 aliphatic carbocycles. The minimum Gasteiger partial charge on any atom is -0.453 e. The molecule has 0 unspecified atom stereocenters. The number of hydrogen-bond donors (Lipinski definition) is 0. The zero-order valence-corrected chi connectivity index (χ0v) is 11.1. The summed E-state index contributed by atoms with van der Waals surface area (Å²) in [6, 6.07) is 9.50.